The van der Waals surface area contributed by atoms with Gasteiger partial charge in [-0.3, -0.25) is 19.9 Å². The highest BCUT2D eigenvalue weighted by atomic mass is 16.2. The number of aromatic amines is 2. The van der Waals surface area contributed by atoms with Gasteiger partial charge in [0.1, 0.15) is 5.69 Å². The molecule has 0 spiro atoms. The Balaban J connectivity index is 1.40. The number of hydrogen-bond donors (Lipinski definition) is 3. The lowest BCUT2D eigenvalue weighted by Gasteiger charge is -2.17. The number of para-hydroxylation sites is 1. The first kappa shape index (κ1) is 22.6. The lowest BCUT2D eigenvalue weighted by molar-refractivity contribution is -0.123. The van der Waals surface area contributed by atoms with Crippen molar-refractivity contribution in [2.24, 2.45) is 5.41 Å². The van der Waals surface area contributed by atoms with Crippen LogP contribution < -0.4 is 5.32 Å². The third kappa shape index (κ3) is 4.23. The average Bonchev–Trinajstić information content (AvgIpc) is 3.52. The van der Waals surface area contributed by atoms with Crippen LogP contribution >= 0.6 is 0 Å². The number of H-pyrrole nitrogens is 2. The molecule has 0 saturated carbocycles. The summed E-state index contributed by atoms with van der Waals surface area (Å²) in [7, 11) is 0. The Morgan fingerprint density at radius 3 is 2.51 bits per heavy atom. The summed E-state index contributed by atoms with van der Waals surface area (Å²) in [5, 5.41) is 11.6. The van der Waals surface area contributed by atoms with Gasteiger partial charge in [0.05, 0.1) is 28.4 Å². The summed E-state index contributed by atoms with van der Waals surface area (Å²) in [6.45, 7) is 5.64. The van der Waals surface area contributed by atoms with E-state index in [2.05, 4.69) is 42.6 Å². The second-order valence-corrected chi connectivity index (χ2v) is 10.0. The number of amides is 1. The minimum Gasteiger partial charge on any atom is -0.337 e. The second kappa shape index (κ2) is 8.67. The Labute approximate surface area is 213 Å². The molecule has 182 valence electrons. The van der Waals surface area contributed by atoms with Crippen LogP contribution in [0.25, 0.3) is 55.7 Å². The summed E-state index contributed by atoms with van der Waals surface area (Å²) in [6.07, 6.45) is 7.01. The molecule has 0 aliphatic rings. The van der Waals surface area contributed by atoms with Gasteiger partial charge in [0.2, 0.25) is 5.91 Å². The zero-order valence-electron chi connectivity index (χ0n) is 20.7. The van der Waals surface area contributed by atoms with Gasteiger partial charge in [0.25, 0.3) is 0 Å². The zero-order chi connectivity index (χ0) is 25.6. The minimum absolute atomic E-state index is 0.0601. The van der Waals surface area contributed by atoms with Gasteiger partial charge in [-0.15, -0.1) is 0 Å². The highest BCUT2D eigenvalue weighted by Crippen LogP contribution is 2.33. The molecule has 3 N–H and O–H groups in total. The largest absolute Gasteiger partial charge is 0.337 e. The van der Waals surface area contributed by atoms with Crippen molar-refractivity contribution in [3.8, 4) is 33.8 Å². The number of nitrogens with one attached hydrogen (secondary N) is 3. The molecule has 6 rings (SSSR count). The van der Waals surface area contributed by atoms with E-state index in [9.17, 15) is 4.79 Å². The van der Waals surface area contributed by atoms with Crippen molar-refractivity contribution in [2.45, 2.75) is 20.8 Å². The molecule has 4 heterocycles. The molecule has 0 atom stereocenters. The van der Waals surface area contributed by atoms with E-state index in [0.29, 0.717) is 11.5 Å². The minimum atomic E-state index is -0.496. The molecule has 0 unspecified atom stereocenters. The molecule has 8 heteroatoms. The maximum Gasteiger partial charge on any atom is 0.229 e. The predicted octanol–water partition coefficient (Wildman–Crippen LogP) is 6.21. The third-order valence-corrected chi connectivity index (χ3v) is 6.30. The van der Waals surface area contributed by atoms with Crippen molar-refractivity contribution in [3.63, 3.8) is 0 Å². The number of carbonyl (C=O) groups is 1. The molecule has 0 radical (unpaired) electrons. The number of carbonyl (C=O) groups excluding carboxylic acids is 1. The molecule has 0 aliphatic carbocycles. The maximum absolute atomic E-state index is 12.4. The number of aromatic nitrogens is 6. The van der Waals surface area contributed by atoms with Gasteiger partial charge in [-0.25, -0.2) is 4.98 Å². The first-order chi connectivity index (χ1) is 17.9. The lowest BCUT2D eigenvalue weighted by atomic mass is 9.95. The van der Waals surface area contributed by atoms with E-state index in [1.54, 1.807) is 24.8 Å². The average molecular weight is 488 g/mol. The summed E-state index contributed by atoms with van der Waals surface area (Å²) >= 11 is 0. The topological polar surface area (TPSA) is 112 Å². The lowest BCUT2D eigenvalue weighted by Crippen LogP contribution is -2.27. The van der Waals surface area contributed by atoms with Crippen molar-refractivity contribution in [3.05, 3.63) is 79.4 Å². The van der Waals surface area contributed by atoms with Crippen LogP contribution in [-0.4, -0.2) is 36.0 Å². The van der Waals surface area contributed by atoms with E-state index in [0.717, 1.165) is 49.9 Å². The van der Waals surface area contributed by atoms with Crippen LogP contribution in [0.4, 0.5) is 5.69 Å². The SMILES string of the molecule is CC(C)(C)C(=O)Nc1cncc(-c2ccc3[nH]nc(-c4nc5c(-c6ccncc6)cccc5[nH]4)c3c2)c1. The standard InChI is InChI=1S/C29H25N7O/c1-29(2,3)28(37)32-20-13-19(15-31-16-20)18-7-8-23-22(14-18)26(36-35-23)27-33-24-6-4-5-21(25(24)34-27)17-9-11-30-12-10-17/h4-16H,1-3H3,(H,32,37)(H,33,34)(H,35,36). The van der Waals surface area contributed by atoms with Crippen LogP contribution in [0.15, 0.2) is 79.4 Å². The fourth-order valence-electron chi connectivity index (χ4n) is 4.27. The van der Waals surface area contributed by atoms with Crippen LogP contribution in [0.2, 0.25) is 0 Å². The normalized spacial score (nSPS) is 11.8. The zero-order valence-corrected chi connectivity index (χ0v) is 20.7. The molecule has 6 aromatic rings. The van der Waals surface area contributed by atoms with Crippen molar-refractivity contribution in [1.29, 1.82) is 0 Å². The van der Waals surface area contributed by atoms with Crippen molar-refractivity contribution in [2.75, 3.05) is 5.32 Å². The van der Waals surface area contributed by atoms with Crippen molar-refractivity contribution in [1.82, 2.24) is 30.1 Å². The highest BCUT2D eigenvalue weighted by Gasteiger charge is 2.21. The van der Waals surface area contributed by atoms with E-state index in [-0.39, 0.29) is 5.91 Å². The Kier molecular flexibility index (Phi) is 5.30. The molecule has 0 bridgehead atoms. The van der Waals surface area contributed by atoms with E-state index in [4.69, 9.17) is 4.98 Å². The van der Waals surface area contributed by atoms with Gasteiger partial charge in [-0.2, -0.15) is 5.10 Å². The van der Waals surface area contributed by atoms with Crippen LogP contribution in [0.3, 0.4) is 0 Å². The number of nitrogens with zero attached hydrogens (tertiary/aromatic N) is 4. The first-order valence-electron chi connectivity index (χ1n) is 12.0. The Hall–Kier alpha value is -4.85. The molecule has 0 aliphatic heterocycles. The number of benzene rings is 2. The highest BCUT2D eigenvalue weighted by molar-refractivity contribution is 5.99. The van der Waals surface area contributed by atoms with Crippen LogP contribution in [0.1, 0.15) is 20.8 Å². The maximum atomic E-state index is 12.4. The number of anilines is 1. The number of pyridine rings is 2. The van der Waals surface area contributed by atoms with Gasteiger partial charge in [0.15, 0.2) is 5.82 Å². The molecular weight excluding hydrogens is 462 g/mol. The van der Waals surface area contributed by atoms with Gasteiger partial charge >= 0.3 is 0 Å². The predicted molar refractivity (Wildman–Crippen MR) is 146 cm³/mol. The molecule has 8 nitrogen and oxygen atoms in total. The van der Waals surface area contributed by atoms with E-state index < -0.39 is 5.41 Å². The molecular formula is C29H25N7O. The summed E-state index contributed by atoms with van der Waals surface area (Å²) in [5.74, 6) is 0.624. The van der Waals surface area contributed by atoms with Crippen LogP contribution in [0, 0.1) is 5.41 Å². The molecule has 0 saturated heterocycles. The number of hydrogen-bond acceptors (Lipinski definition) is 5. The molecule has 37 heavy (non-hydrogen) atoms. The number of imidazole rings is 1. The quantitative estimate of drug-likeness (QED) is 0.273. The Morgan fingerprint density at radius 1 is 0.865 bits per heavy atom. The molecule has 1 amide bonds. The molecule has 0 fully saturated rings. The monoisotopic (exact) mass is 487 g/mol. The number of rotatable bonds is 4. The fourth-order valence-corrected chi connectivity index (χ4v) is 4.27. The molecule has 2 aromatic carbocycles. The van der Waals surface area contributed by atoms with Crippen molar-refractivity contribution < 1.29 is 4.79 Å². The Bertz CT molecular complexity index is 1760. The first-order valence-corrected chi connectivity index (χ1v) is 12.0. The van der Waals surface area contributed by atoms with Crippen LogP contribution in [-0.2, 0) is 4.79 Å². The summed E-state index contributed by atoms with van der Waals surface area (Å²) in [6, 6.07) is 18.0. The smallest absolute Gasteiger partial charge is 0.229 e. The number of fused-ring (bicyclic) bond motifs is 2. The summed E-state index contributed by atoms with van der Waals surface area (Å²) in [4.78, 5) is 29.3. The van der Waals surface area contributed by atoms with Gasteiger partial charge < -0.3 is 10.3 Å². The van der Waals surface area contributed by atoms with Crippen LogP contribution in [0.5, 0.6) is 0 Å². The van der Waals surface area contributed by atoms with Gasteiger partial charge in [-0.05, 0) is 47.5 Å². The van der Waals surface area contributed by atoms with Gasteiger partial charge in [-0.1, -0.05) is 39.0 Å². The second-order valence-electron chi connectivity index (χ2n) is 10.0. The summed E-state index contributed by atoms with van der Waals surface area (Å²) < 4.78 is 0. The fraction of sp³-hybridized carbons (Fsp3) is 0.138. The van der Waals surface area contributed by atoms with E-state index in [1.807, 2.05) is 63.2 Å². The third-order valence-electron chi connectivity index (χ3n) is 6.30. The van der Waals surface area contributed by atoms with Crippen molar-refractivity contribution >= 4 is 33.5 Å². The van der Waals surface area contributed by atoms with E-state index in [1.165, 1.54) is 0 Å². The Morgan fingerprint density at radius 2 is 1.70 bits per heavy atom. The molecule has 4 aromatic heterocycles. The summed E-state index contributed by atoms with van der Waals surface area (Å²) in [5.41, 5.74) is 7.55. The van der Waals surface area contributed by atoms with E-state index >= 15 is 0 Å². The van der Waals surface area contributed by atoms with Gasteiger partial charge in [0, 0.05) is 40.5 Å².